The molecule has 1 saturated heterocycles. The Balaban J connectivity index is 1.88. The predicted molar refractivity (Wildman–Crippen MR) is 66.5 cm³/mol. The molecule has 0 aromatic carbocycles. The van der Waals surface area contributed by atoms with Crippen LogP contribution in [0.4, 0.5) is 0 Å². The Hall–Kier alpha value is -0.370. The van der Waals surface area contributed by atoms with Crippen LogP contribution in [0.5, 0.6) is 0 Å². The van der Waals surface area contributed by atoms with Crippen molar-refractivity contribution in [3.63, 3.8) is 0 Å². The van der Waals surface area contributed by atoms with Crippen molar-refractivity contribution in [1.82, 2.24) is 4.90 Å². The molecular weight excluding hydrogens is 198 g/mol. The number of hydrogen-bond donors (Lipinski definition) is 0. The third-order valence-corrected chi connectivity index (χ3v) is 4.11. The van der Waals surface area contributed by atoms with Crippen LogP contribution in [0, 0.1) is 0 Å². The van der Waals surface area contributed by atoms with Gasteiger partial charge < -0.3 is 0 Å². The first-order valence-electron chi connectivity index (χ1n) is 7.12. The van der Waals surface area contributed by atoms with Gasteiger partial charge in [0.15, 0.2) is 0 Å². The average Bonchev–Trinajstić information content (AvgIpc) is 2.80. The van der Waals surface area contributed by atoms with Crippen LogP contribution < -0.4 is 0 Å². The Kier molecular flexibility index (Phi) is 4.83. The van der Waals surface area contributed by atoms with E-state index < -0.39 is 0 Å². The first-order chi connectivity index (χ1) is 7.86. The topological polar surface area (TPSA) is 20.3 Å². The minimum Gasteiger partial charge on any atom is -0.300 e. The summed E-state index contributed by atoms with van der Waals surface area (Å²) in [6.07, 6.45) is 12.0. The van der Waals surface area contributed by atoms with Gasteiger partial charge >= 0.3 is 0 Å². The van der Waals surface area contributed by atoms with Crippen LogP contribution in [0.2, 0.25) is 0 Å². The van der Waals surface area contributed by atoms with E-state index in [1.165, 1.54) is 58.0 Å². The molecule has 0 aromatic heterocycles. The molecule has 0 spiro atoms. The van der Waals surface area contributed by atoms with Crippen LogP contribution in [0.15, 0.2) is 0 Å². The summed E-state index contributed by atoms with van der Waals surface area (Å²) in [5.41, 5.74) is 0. The van der Waals surface area contributed by atoms with Crippen LogP contribution in [0.1, 0.15) is 64.2 Å². The Bertz CT molecular complexity index is 221. The summed E-state index contributed by atoms with van der Waals surface area (Å²) in [6, 6.07) is 0.577. The molecule has 2 nitrogen and oxygen atoms in total. The van der Waals surface area contributed by atoms with Gasteiger partial charge in [0.05, 0.1) is 0 Å². The second kappa shape index (κ2) is 6.39. The molecule has 0 N–H and O–H groups in total. The van der Waals surface area contributed by atoms with E-state index in [0.29, 0.717) is 11.8 Å². The van der Waals surface area contributed by atoms with Crippen molar-refractivity contribution >= 4 is 5.78 Å². The molecule has 1 aliphatic carbocycles. The Labute approximate surface area is 99.4 Å². The van der Waals surface area contributed by atoms with E-state index in [1.807, 2.05) is 0 Å². The van der Waals surface area contributed by atoms with Gasteiger partial charge in [0.1, 0.15) is 5.78 Å². The van der Waals surface area contributed by atoms with Gasteiger partial charge in [-0.3, -0.25) is 9.69 Å². The molecule has 2 fully saturated rings. The molecule has 16 heavy (non-hydrogen) atoms. The summed E-state index contributed by atoms with van der Waals surface area (Å²) in [5, 5.41) is 0. The second-order valence-corrected chi connectivity index (χ2v) is 5.45. The lowest BCUT2D eigenvalue weighted by Gasteiger charge is -2.27. The zero-order valence-corrected chi connectivity index (χ0v) is 10.4. The SMILES string of the molecule is O=C1CCCCCCCC(N2CCCC2)C1. The Morgan fingerprint density at radius 2 is 1.56 bits per heavy atom. The molecular formula is C14H25NO. The minimum atomic E-state index is 0.513. The van der Waals surface area contributed by atoms with Crippen molar-refractivity contribution in [3.8, 4) is 0 Å². The third-order valence-electron chi connectivity index (χ3n) is 4.11. The molecule has 0 aromatic rings. The largest absolute Gasteiger partial charge is 0.300 e. The lowest BCUT2D eigenvalue weighted by molar-refractivity contribution is -0.120. The van der Waals surface area contributed by atoms with Crippen molar-refractivity contribution in [3.05, 3.63) is 0 Å². The first-order valence-corrected chi connectivity index (χ1v) is 7.12. The molecule has 1 unspecified atom stereocenters. The van der Waals surface area contributed by atoms with Gasteiger partial charge in [-0.1, -0.05) is 25.7 Å². The lowest BCUT2D eigenvalue weighted by Crippen LogP contribution is -2.34. The number of rotatable bonds is 1. The number of nitrogens with zero attached hydrogens (tertiary/aromatic N) is 1. The van der Waals surface area contributed by atoms with Gasteiger partial charge in [-0.2, -0.15) is 0 Å². The van der Waals surface area contributed by atoms with E-state index in [9.17, 15) is 4.79 Å². The first kappa shape index (κ1) is 12.1. The molecule has 0 bridgehead atoms. The highest BCUT2D eigenvalue weighted by atomic mass is 16.1. The standard InChI is InChI=1S/C14H25NO/c16-14-9-5-3-1-2-4-8-13(12-14)15-10-6-7-11-15/h13H,1-12H2. The van der Waals surface area contributed by atoms with Gasteiger partial charge in [0.2, 0.25) is 0 Å². The van der Waals surface area contributed by atoms with E-state index >= 15 is 0 Å². The number of carbonyl (C=O) groups excluding carboxylic acids is 1. The third kappa shape index (κ3) is 3.58. The molecule has 1 heterocycles. The van der Waals surface area contributed by atoms with Crippen molar-refractivity contribution in [1.29, 1.82) is 0 Å². The van der Waals surface area contributed by atoms with E-state index in [-0.39, 0.29) is 0 Å². The van der Waals surface area contributed by atoms with Crippen molar-refractivity contribution in [2.75, 3.05) is 13.1 Å². The highest BCUT2D eigenvalue weighted by Crippen LogP contribution is 2.22. The molecule has 1 atom stereocenters. The maximum Gasteiger partial charge on any atom is 0.134 e. The van der Waals surface area contributed by atoms with E-state index in [2.05, 4.69) is 4.90 Å². The lowest BCUT2D eigenvalue weighted by atomic mass is 9.96. The predicted octanol–water partition coefficient (Wildman–Crippen LogP) is 3.15. The van der Waals surface area contributed by atoms with Crippen molar-refractivity contribution < 1.29 is 4.79 Å². The molecule has 1 saturated carbocycles. The molecule has 2 rings (SSSR count). The Morgan fingerprint density at radius 1 is 0.875 bits per heavy atom. The van der Waals surface area contributed by atoms with Crippen molar-refractivity contribution in [2.45, 2.75) is 70.3 Å². The molecule has 1 aliphatic heterocycles. The van der Waals surface area contributed by atoms with E-state index in [1.54, 1.807) is 0 Å². The van der Waals surface area contributed by atoms with Crippen LogP contribution in [-0.4, -0.2) is 29.8 Å². The fraction of sp³-hybridized carbons (Fsp3) is 0.929. The van der Waals surface area contributed by atoms with Gasteiger partial charge in [0, 0.05) is 18.9 Å². The zero-order valence-electron chi connectivity index (χ0n) is 10.4. The summed E-state index contributed by atoms with van der Waals surface area (Å²) in [5.74, 6) is 0.513. The van der Waals surface area contributed by atoms with Crippen LogP contribution in [-0.2, 0) is 4.79 Å². The highest BCUT2D eigenvalue weighted by Gasteiger charge is 2.23. The molecule has 2 heteroatoms. The van der Waals surface area contributed by atoms with Gasteiger partial charge in [-0.15, -0.1) is 0 Å². The van der Waals surface area contributed by atoms with E-state index in [0.717, 1.165) is 19.3 Å². The van der Waals surface area contributed by atoms with Crippen LogP contribution in [0.3, 0.4) is 0 Å². The van der Waals surface area contributed by atoms with Gasteiger partial charge in [-0.25, -0.2) is 0 Å². The Morgan fingerprint density at radius 3 is 2.38 bits per heavy atom. The number of carbonyl (C=O) groups is 1. The monoisotopic (exact) mass is 223 g/mol. The summed E-state index contributed by atoms with van der Waals surface area (Å²) in [6.45, 7) is 2.47. The average molecular weight is 223 g/mol. The van der Waals surface area contributed by atoms with Gasteiger partial charge in [-0.05, 0) is 38.8 Å². The minimum absolute atomic E-state index is 0.513. The van der Waals surface area contributed by atoms with Crippen molar-refractivity contribution in [2.24, 2.45) is 0 Å². The number of hydrogen-bond acceptors (Lipinski definition) is 2. The van der Waals surface area contributed by atoms with Crippen LogP contribution in [0.25, 0.3) is 0 Å². The second-order valence-electron chi connectivity index (χ2n) is 5.45. The summed E-state index contributed by atoms with van der Waals surface area (Å²) < 4.78 is 0. The quantitative estimate of drug-likeness (QED) is 0.680. The normalized spacial score (nSPS) is 30.5. The fourth-order valence-electron chi connectivity index (χ4n) is 3.12. The van der Waals surface area contributed by atoms with E-state index in [4.69, 9.17) is 0 Å². The number of ketones is 1. The highest BCUT2D eigenvalue weighted by molar-refractivity contribution is 5.78. The summed E-state index contributed by atoms with van der Waals surface area (Å²) in [4.78, 5) is 14.4. The zero-order chi connectivity index (χ0) is 11.2. The van der Waals surface area contributed by atoms with Gasteiger partial charge in [0.25, 0.3) is 0 Å². The summed E-state index contributed by atoms with van der Waals surface area (Å²) >= 11 is 0. The fourth-order valence-corrected chi connectivity index (χ4v) is 3.12. The number of Topliss-reactive ketones (excluding diaryl/α,β-unsaturated/α-hetero) is 1. The smallest absolute Gasteiger partial charge is 0.134 e. The maximum atomic E-state index is 11.8. The summed E-state index contributed by atoms with van der Waals surface area (Å²) in [7, 11) is 0. The number of likely N-dealkylation sites (tertiary alicyclic amines) is 1. The molecule has 2 aliphatic rings. The molecule has 0 radical (unpaired) electrons. The molecule has 0 amide bonds. The van der Waals surface area contributed by atoms with Crippen LogP contribution >= 0.6 is 0 Å². The molecule has 92 valence electrons. The maximum absolute atomic E-state index is 11.8.